The van der Waals surface area contributed by atoms with Crippen molar-refractivity contribution in [2.24, 2.45) is 0 Å². The van der Waals surface area contributed by atoms with Gasteiger partial charge in [0.1, 0.15) is 0 Å². The minimum Gasteiger partial charge on any atom is -0.277 e. The first kappa shape index (κ1) is 28.3. The molecule has 0 saturated heterocycles. The summed E-state index contributed by atoms with van der Waals surface area (Å²) in [6.45, 7) is 0. The zero-order valence-corrected chi connectivity index (χ0v) is 22.1. The molecule has 0 unspecified atom stereocenters. The largest absolute Gasteiger partial charge is 0.416 e. The molecule has 3 rings (SSSR count). The smallest absolute Gasteiger partial charge is 0.277 e. The molecule has 3 aromatic rings. The molecular weight excluding hydrogens is 670 g/mol. The molecular formula is C20H12Br2F6N2O4S2. The zero-order valence-electron chi connectivity index (χ0n) is 17.2. The van der Waals surface area contributed by atoms with Gasteiger partial charge in [0.15, 0.2) is 0 Å². The van der Waals surface area contributed by atoms with E-state index in [1.165, 1.54) is 0 Å². The monoisotopic (exact) mass is 680 g/mol. The van der Waals surface area contributed by atoms with E-state index in [0.717, 1.165) is 36.4 Å². The molecule has 194 valence electrons. The van der Waals surface area contributed by atoms with Gasteiger partial charge in [-0.25, -0.2) is 16.8 Å². The van der Waals surface area contributed by atoms with Gasteiger partial charge in [0.2, 0.25) is 0 Å². The Bertz CT molecular complexity index is 1410. The second-order valence-electron chi connectivity index (χ2n) is 7.07. The maximum Gasteiger partial charge on any atom is 0.416 e. The standard InChI is InChI=1S/C20H12Br2F6N2O4S2/c21-15-9-17(29-35(31,32)13-5-1-3-11(7-13)19(23,24)25)18(10-16(15)22)30-36(33,34)14-6-2-4-12(8-14)20(26,27)28/h1-10,29-30H. The third-order valence-electron chi connectivity index (χ3n) is 4.49. The van der Waals surface area contributed by atoms with E-state index in [4.69, 9.17) is 0 Å². The Labute approximate surface area is 218 Å². The Morgan fingerprint density at radius 1 is 0.583 bits per heavy atom. The molecule has 0 spiro atoms. The molecule has 0 saturated carbocycles. The summed E-state index contributed by atoms with van der Waals surface area (Å²) in [5, 5.41) is 0. The molecule has 3 aromatic carbocycles. The fourth-order valence-corrected chi connectivity index (χ4v) is 5.72. The van der Waals surface area contributed by atoms with Crippen molar-refractivity contribution in [1.82, 2.24) is 0 Å². The minimum atomic E-state index is -4.82. The molecule has 0 fully saturated rings. The lowest BCUT2D eigenvalue weighted by Crippen LogP contribution is -2.19. The van der Waals surface area contributed by atoms with Gasteiger partial charge in [0.05, 0.1) is 32.3 Å². The van der Waals surface area contributed by atoms with Crippen LogP contribution in [0, 0.1) is 0 Å². The van der Waals surface area contributed by atoms with Crippen LogP contribution in [-0.4, -0.2) is 16.8 Å². The molecule has 6 nitrogen and oxygen atoms in total. The molecule has 0 atom stereocenters. The predicted molar refractivity (Wildman–Crippen MR) is 126 cm³/mol. The summed E-state index contributed by atoms with van der Waals surface area (Å²) in [4.78, 5) is -1.52. The van der Waals surface area contributed by atoms with Gasteiger partial charge in [-0.3, -0.25) is 9.44 Å². The Morgan fingerprint density at radius 3 is 1.22 bits per heavy atom. The van der Waals surface area contributed by atoms with Crippen molar-refractivity contribution in [3.8, 4) is 0 Å². The van der Waals surface area contributed by atoms with Crippen molar-refractivity contribution < 1.29 is 43.2 Å². The molecule has 16 heteroatoms. The number of hydrogen-bond acceptors (Lipinski definition) is 4. The molecule has 0 aliphatic carbocycles. The first-order valence-electron chi connectivity index (χ1n) is 9.29. The Kier molecular flexibility index (Phi) is 7.75. The second-order valence-corrected chi connectivity index (χ2v) is 12.1. The maximum atomic E-state index is 13.0. The van der Waals surface area contributed by atoms with Crippen LogP contribution in [0.4, 0.5) is 37.7 Å². The fraction of sp³-hybridized carbons (Fsp3) is 0.100. The molecule has 0 heterocycles. The van der Waals surface area contributed by atoms with E-state index in [9.17, 15) is 43.2 Å². The number of rotatable bonds is 6. The number of hydrogen-bond donors (Lipinski definition) is 2. The average Bonchev–Trinajstić information content (AvgIpc) is 2.76. The van der Waals surface area contributed by atoms with Crippen LogP contribution in [0.1, 0.15) is 11.1 Å². The van der Waals surface area contributed by atoms with Crippen molar-refractivity contribution >= 4 is 63.3 Å². The van der Waals surface area contributed by atoms with Crippen LogP contribution in [0.3, 0.4) is 0 Å². The summed E-state index contributed by atoms with van der Waals surface area (Å²) in [5.74, 6) is 0. The van der Waals surface area contributed by atoms with E-state index in [0.29, 0.717) is 24.3 Å². The van der Waals surface area contributed by atoms with Gasteiger partial charge in [-0.2, -0.15) is 26.3 Å². The summed E-state index contributed by atoms with van der Waals surface area (Å²) in [6, 6.07) is 7.91. The number of benzene rings is 3. The molecule has 2 N–H and O–H groups in total. The van der Waals surface area contributed by atoms with Crippen LogP contribution in [0.25, 0.3) is 0 Å². The highest BCUT2D eigenvalue weighted by Gasteiger charge is 2.33. The van der Waals surface area contributed by atoms with Gasteiger partial charge in [0, 0.05) is 8.95 Å². The van der Waals surface area contributed by atoms with E-state index < -0.39 is 64.7 Å². The third kappa shape index (κ3) is 6.52. The topological polar surface area (TPSA) is 92.3 Å². The van der Waals surface area contributed by atoms with Crippen LogP contribution in [0.15, 0.2) is 79.4 Å². The minimum absolute atomic E-state index is 0.228. The van der Waals surface area contributed by atoms with E-state index in [1.807, 2.05) is 9.44 Å². The molecule has 0 aliphatic heterocycles. The lowest BCUT2D eigenvalue weighted by molar-refractivity contribution is -0.138. The van der Waals surface area contributed by atoms with Crippen LogP contribution < -0.4 is 9.44 Å². The fourth-order valence-electron chi connectivity index (χ4n) is 2.80. The molecule has 0 aliphatic rings. The van der Waals surface area contributed by atoms with E-state index >= 15 is 0 Å². The normalized spacial score (nSPS) is 12.9. The van der Waals surface area contributed by atoms with Crippen LogP contribution in [-0.2, 0) is 32.4 Å². The third-order valence-corrected chi connectivity index (χ3v) is 9.06. The van der Waals surface area contributed by atoms with Gasteiger partial charge >= 0.3 is 12.4 Å². The molecule has 0 amide bonds. The Morgan fingerprint density at radius 2 is 0.917 bits per heavy atom. The number of sulfonamides is 2. The summed E-state index contributed by atoms with van der Waals surface area (Å²) in [6.07, 6.45) is -9.64. The number of anilines is 2. The van der Waals surface area contributed by atoms with Gasteiger partial charge < -0.3 is 0 Å². The summed E-state index contributed by atoms with van der Waals surface area (Å²) < 4.78 is 134. The number of alkyl halides is 6. The van der Waals surface area contributed by atoms with Crippen molar-refractivity contribution in [3.05, 3.63) is 80.7 Å². The molecule has 0 radical (unpaired) electrons. The lowest BCUT2D eigenvalue weighted by Gasteiger charge is -2.17. The molecule has 36 heavy (non-hydrogen) atoms. The Hall–Kier alpha value is -2.30. The zero-order chi connectivity index (χ0) is 27.1. The van der Waals surface area contributed by atoms with Crippen LogP contribution in [0.2, 0.25) is 0 Å². The molecule has 0 aromatic heterocycles. The SMILES string of the molecule is O=S(=O)(Nc1cc(Br)c(Br)cc1NS(=O)(=O)c1cccc(C(F)(F)F)c1)c1cccc(C(F)(F)F)c1. The van der Waals surface area contributed by atoms with Crippen molar-refractivity contribution in [3.63, 3.8) is 0 Å². The molecule has 0 bridgehead atoms. The predicted octanol–water partition coefficient (Wildman–Crippen LogP) is 6.85. The van der Waals surface area contributed by atoms with Gasteiger partial charge in [-0.05, 0) is 80.4 Å². The van der Waals surface area contributed by atoms with Crippen LogP contribution >= 0.6 is 31.9 Å². The lowest BCUT2D eigenvalue weighted by atomic mass is 10.2. The first-order valence-corrected chi connectivity index (χ1v) is 13.8. The first-order chi connectivity index (χ1) is 16.4. The van der Waals surface area contributed by atoms with E-state index in [2.05, 4.69) is 31.9 Å². The summed E-state index contributed by atoms with van der Waals surface area (Å²) in [5.41, 5.74) is -3.29. The van der Waals surface area contributed by atoms with Gasteiger partial charge in [0.25, 0.3) is 20.0 Å². The quantitative estimate of drug-likeness (QED) is 0.279. The highest BCUT2D eigenvalue weighted by Crippen LogP contribution is 2.37. The number of nitrogens with one attached hydrogen (secondary N) is 2. The van der Waals surface area contributed by atoms with E-state index in [-0.39, 0.29) is 8.95 Å². The Balaban J connectivity index is 2.03. The highest BCUT2D eigenvalue weighted by atomic mass is 79.9. The van der Waals surface area contributed by atoms with Crippen molar-refractivity contribution in [2.75, 3.05) is 9.44 Å². The van der Waals surface area contributed by atoms with Gasteiger partial charge in [-0.15, -0.1) is 0 Å². The van der Waals surface area contributed by atoms with E-state index in [1.54, 1.807) is 0 Å². The second kappa shape index (κ2) is 9.87. The van der Waals surface area contributed by atoms with Gasteiger partial charge in [-0.1, -0.05) is 12.1 Å². The summed E-state index contributed by atoms with van der Waals surface area (Å²) >= 11 is 6.21. The van der Waals surface area contributed by atoms with Crippen molar-refractivity contribution in [1.29, 1.82) is 0 Å². The van der Waals surface area contributed by atoms with Crippen LogP contribution in [0.5, 0.6) is 0 Å². The highest BCUT2D eigenvalue weighted by molar-refractivity contribution is 9.13. The maximum absolute atomic E-state index is 13.0. The number of halogens is 8. The van der Waals surface area contributed by atoms with Crippen molar-refractivity contribution in [2.45, 2.75) is 22.1 Å². The average molecular weight is 682 g/mol. The summed E-state index contributed by atoms with van der Waals surface area (Å²) in [7, 11) is -9.33.